The van der Waals surface area contributed by atoms with Crippen LogP contribution in [0.3, 0.4) is 0 Å². The number of amides is 2. The molecule has 0 radical (unpaired) electrons. The van der Waals surface area contributed by atoms with Crippen molar-refractivity contribution in [2.24, 2.45) is 5.92 Å². The standard InChI is InChI=1S/C24H36N4O4/c1-15(2)12-19(23(31)27-21-16(3)32-13-20(21)29)26-22(30)17-6-8-18(9-7-17)28-11-10-25-14-24(28,4)5/h6-9,15-16,19,21,25H,10-14H2,1-5H3,(H,26,30)(H,27,31)/t16-,19+,21+/m1/s1. The second-order valence-corrected chi connectivity index (χ2v) is 9.81. The third kappa shape index (κ3) is 5.66. The number of nitrogens with zero attached hydrogens (tertiary/aromatic N) is 1. The van der Waals surface area contributed by atoms with Crippen LogP contribution in [0.2, 0.25) is 0 Å². The fourth-order valence-electron chi connectivity index (χ4n) is 4.31. The third-order valence-corrected chi connectivity index (χ3v) is 6.17. The molecule has 3 N–H and O–H groups in total. The van der Waals surface area contributed by atoms with E-state index in [4.69, 9.17) is 4.74 Å². The highest BCUT2D eigenvalue weighted by Crippen LogP contribution is 2.25. The number of Topliss-reactive ketones (excluding diaryl/α,β-unsaturated/α-hetero) is 1. The molecule has 0 bridgehead atoms. The fraction of sp³-hybridized carbons (Fsp3) is 0.625. The summed E-state index contributed by atoms with van der Waals surface area (Å²) >= 11 is 0. The predicted molar refractivity (Wildman–Crippen MR) is 124 cm³/mol. The molecule has 2 heterocycles. The van der Waals surface area contributed by atoms with Crippen molar-refractivity contribution in [2.45, 2.75) is 64.8 Å². The van der Waals surface area contributed by atoms with Crippen LogP contribution in [-0.4, -0.2) is 67.6 Å². The van der Waals surface area contributed by atoms with E-state index >= 15 is 0 Å². The molecule has 3 atom stereocenters. The number of benzene rings is 1. The largest absolute Gasteiger partial charge is 0.368 e. The second-order valence-electron chi connectivity index (χ2n) is 9.81. The van der Waals surface area contributed by atoms with E-state index in [0.29, 0.717) is 12.0 Å². The lowest BCUT2D eigenvalue weighted by Crippen LogP contribution is -2.58. The van der Waals surface area contributed by atoms with Gasteiger partial charge in [0.2, 0.25) is 5.91 Å². The van der Waals surface area contributed by atoms with Crippen LogP contribution in [0.4, 0.5) is 5.69 Å². The van der Waals surface area contributed by atoms with Gasteiger partial charge < -0.3 is 25.6 Å². The summed E-state index contributed by atoms with van der Waals surface area (Å²) in [5.74, 6) is -0.621. The van der Waals surface area contributed by atoms with Crippen LogP contribution < -0.4 is 20.9 Å². The number of ether oxygens (including phenoxy) is 1. The van der Waals surface area contributed by atoms with Gasteiger partial charge in [-0.2, -0.15) is 0 Å². The Balaban J connectivity index is 1.68. The molecular weight excluding hydrogens is 408 g/mol. The van der Waals surface area contributed by atoms with E-state index in [1.807, 2.05) is 26.0 Å². The van der Waals surface area contributed by atoms with Gasteiger partial charge in [0.05, 0.1) is 6.10 Å². The van der Waals surface area contributed by atoms with Crippen molar-refractivity contribution in [3.05, 3.63) is 29.8 Å². The summed E-state index contributed by atoms with van der Waals surface area (Å²) in [7, 11) is 0. The van der Waals surface area contributed by atoms with Crippen molar-refractivity contribution >= 4 is 23.3 Å². The maximum Gasteiger partial charge on any atom is 0.251 e. The van der Waals surface area contributed by atoms with Gasteiger partial charge in [-0.05, 0) is 57.4 Å². The molecule has 2 fully saturated rings. The lowest BCUT2D eigenvalue weighted by Gasteiger charge is -2.44. The smallest absolute Gasteiger partial charge is 0.251 e. The number of piperazine rings is 1. The maximum absolute atomic E-state index is 12.9. The van der Waals surface area contributed by atoms with E-state index in [-0.39, 0.29) is 41.8 Å². The number of rotatable bonds is 7. The summed E-state index contributed by atoms with van der Waals surface area (Å²) in [6.45, 7) is 12.8. The second kappa shape index (κ2) is 10.0. The molecule has 1 aromatic rings. The fourth-order valence-corrected chi connectivity index (χ4v) is 4.31. The molecule has 0 aromatic heterocycles. The topological polar surface area (TPSA) is 99.8 Å². The first kappa shape index (κ1) is 24.2. The highest BCUT2D eigenvalue weighted by molar-refractivity contribution is 5.99. The minimum Gasteiger partial charge on any atom is -0.368 e. The number of anilines is 1. The van der Waals surface area contributed by atoms with Gasteiger partial charge in [-0.15, -0.1) is 0 Å². The first-order valence-corrected chi connectivity index (χ1v) is 11.4. The molecule has 176 valence electrons. The highest BCUT2D eigenvalue weighted by Gasteiger charge is 2.36. The monoisotopic (exact) mass is 444 g/mol. The van der Waals surface area contributed by atoms with Crippen LogP contribution in [0.15, 0.2) is 24.3 Å². The van der Waals surface area contributed by atoms with Crippen molar-refractivity contribution in [3.63, 3.8) is 0 Å². The van der Waals surface area contributed by atoms with Crippen molar-refractivity contribution in [2.75, 3.05) is 31.1 Å². The van der Waals surface area contributed by atoms with Gasteiger partial charge in [0.15, 0.2) is 5.78 Å². The predicted octanol–water partition coefficient (Wildman–Crippen LogP) is 1.49. The van der Waals surface area contributed by atoms with Crippen molar-refractivity contribution in [3.8, 4) is 0 Å². The molecule has 8 heteroatoms. The molecule has 2 aliphatic heterocycles. The molecule has 2 saturated heterocycles. The van der Waals surface area contributed by atoms with Crippen LogP contribution in [0.1, 0.15) is 51.4 Å². The average molecular weight is 445 g/mol. The zero-order valence-corrected chi connectivity index (χ0v) is 19.7. The number of carbonyl (C=O) groups is 3. The highest BCUT2D eigenvalue weighted by atomic mass is 16.5. The zero-order valence-electron chi connectivity index (χ0n) is 19.7. The van der Waals surface area contributed by atoms with Gasteiger partial charge in [-0.3, -0.25) is 14.4 Å². The summed E-state index contributed by atoms with van der Waals surface area (Å²) in [6, 6.07) is 6.10. The van der Waals surface area contributed by atoms with E-state index < -0.39 is 12.1 Å². The Hall–Kier alpha value is -2.45. The van der Waals surface area contributed by atoms with E-state index in [0.717, 1.165) is 25.3 Å². The van der Waals surface area contributed by atoms with Gasteiger partial charge >= 0.3 is 0 Å². The molecule has 8 nitrogen and oxygen atoms in total. The van der Waals surface area contributed by atoms with Gasteiger partial charge in [0, 0.05) is 36.4 Å². The van der Waals surface area contributed by atoms with E-state index in [2.05, 4.69) is 34.7 Å². The van der Waals surface area contributed by atoms with Gasteiger partial charge in [0.1, 0.15) is 18.7 Å². The molecule has 0 aliphatic carbocycles. The number of nitrogens with one attached hydrogen (secondary N) is 3. The number of carbonyl (C=O) groups excluding carboxylic acids is 3. The molecule has 0 spiro atoms. The minimum absolute atomic E-state index is 0.00353. The lowest BCUT2D eigenvalue weighted by atomic mass is 9.98. The normalized spacial score (nSPS) is 23.8. The van der Waals surface area contributed by atoms with Gasteiger partial charge in [-0.1, -0.05) is 13.8 Å². The van der Waals surface area contributed by atoms with E-state index in [1.54, 1.807) is 19.1 Å². The zero-order chi connectivity index (χ0) is 23.5. The summed E-state index contributed by atoms with van der Waals surface area (Å²) in [5, 5.41) is 9.03. The van der Waals surface area contributed by atoms with Crippen LogP contribution in [0.25, 0.3) is 0 Å². The minimum atomic E-state index is -0.727. The Labute approximate surface area is 190 Å². The Morgan fingerprint density at radius 1 is 1.25 bits per heavy atom. The van der Waals surface area contributed by atoms with Crippen LogP contribution in [0, 0.1) is 5.92 Å². The van der Waals surface area contributed by atoms with E-state index in [9.17, 15) is 14.4 Å². The van der Waals surface area contributed by atoms with Crippen molar-refractivity contribution in [1.82, 2.24) is 16.0 Å². The van der Waals surface area contributed by atoms with E-state index in [1.165, 1.54) is 0 Å². The molecule has 0 saturated carbocycles. The first-order chi connectivity index (χ1) is 15.1. The summed E-state index contributed by atoms with van der Waals surface area (Å²) < 4.78 is 5.31. The van der Waals surface area contributed by atoms with Crippen molar-refractivity contribution in [1.29, 1.82) is 0 Å². The molecule has 2 amide bonds. The summed E-state index contributed by atoms with van der Waals surface area (Å²) in [4.78, 5) is 40.1. The molecule has 0 unspecified atom stereocenters. The maximum atomic E-state index is 12.9. The Morgan fingerprint density at radius 3 is 2.50 bits per heavy atom. The average Bonchev–Trinajstić information content (AvgIpc) is 3.04. The van der Waals surface area contributed by atoms with Crippen LogP contribution in [0.5, 0.6) is 0 Å². The summed E-state index contributed by atoms with van der Waals surface area (Å²) in [5.41, 5.74) is 1.55. The first-order valence-electron chi connectivity index (χ1n) is 11.4. The third-order valence-electron chi connectivity index (χ3n) is 6.17. The van der Waals surface area contributed by atoms with Crippen LogP contribution >= 0.6 is 0 Å². The molecule has 32 heavy (non-hydrogen) atoms. The Kier molecular flexibility index (Phi) is 7.56. The number of hydrogen-bond acceptors (Lipinski definition) is 6. The van der Waals surface area contributed by atoms with Gasteiger partial charge in [-0.25, -0.2) is 0 Å². The van der Waals surface area contributed by atoms with Gasteiger partial charge in [0.25, 0.3) is 5.91 Å². The molecule has 3 rings (SSSR count). The summed E-state index contributed by atoms with van der Waals surface area (Å²) in [6.07, 6.45) is 0.101. The van der Waals surface area contributed by atoms with Crippen molar-refractivity contribution < 1.29 is 19.1 Å². The molecule has 2 aliphatic rings. The SMILES string of the molecule is CC(C)C[C@H](NC(=O)c1ccc(N2CCNCC2(C)C)cc1)C(=O)N[C@@H]1C(=O)CO[C@@H]1C. The Morgan fingerprint density at radius 2 is 1.94 bits per heavy atom. The Bertz CT molecular complexity index is 837. The number of hydrogen-bond donors (Lipinski definition) is 3. The molecular formula is C24H36N4O4. The lowest BCUT2D eigenvalue weighted by molar-refractivity contribution is -0.127. The van der Waals surface area contributed by atoms with Crippen LogP contribution in [-0.2, 0) is 14.3 Å². The quantitative estimate of drug-likeness (QED) is 0.589. The number of ketones is 1. The molecule has 1 aromatic carbocycles.